The molecule has 5 nitrogen and oxygen atoms in total. The Morgan fingerprint density at radius 3 is 2.18 bits per heavy atom. The van der Waals surface area contributed by atoms with Crippen LogP contribution in [0.2, 0.25) is 0 Å². The number of amides is 2. The summed E-state index contributed by atoms with van der Waals surface area (Å²) in [7, 11) is 0. The fourth-order valence-electron chi connectivity index (χ4n) is 3.15. The van der Waals surface area contributed by atoms with Crippen molar-refractivity contribution in [3.8, 4) is 0 Å². The van der Waals surface area contributed by atoms with Crippen LogP contribution in [0.25, 0.3) is 5.57 Å². The van der Waals surface area contributed by atoms with Gasteiger partial charge in [-0.25, -0.2) is 4.79 Å². The van der Waals surface area contributed by atoms with E-state index in [0.717, 1.165) is 22.3 Å². The van der Waals surface area contributed by atoms with Gasteiger partial charge in [0.1, 0.15) is 6.61 Å². The molecule has 0 aliphatic carbocycles. The Labute approximate surface area is 199 Å². The monoisotopic (exact) mass is 460 g/mol. The number of thioether (sulfide) groups is 1. The Kier molecular flexibility index (Phi) is 8.72. The van der Waals surface area contributed by atoms with Crippen LogP contribution in [0.5, 0.6) is 0 Å². The van der Waals surface area contributed by atoms with Crippen LogP contribution in [0.3, 0.4) is 0 Å². The van der Waals surface area contributed by atoms with Crippen LogP contribution in [-0.2, 0) is 16.1 Å². The van der Waals surface area contributed by atoms with Crippen molar-refractivity contribution in [1.29, 1.82) is 0 Å². The predicted molar refractivity (Wildman–Crippen MR) is 136 cm³/mol. The van der Waals surface area contributed by atoms with E-state index >= 15 is 0 Å². The number of hydrogen-bond donors (Lipinski definition) is 2. The molecular formula is C27H28N2O3S. The van der Waals surface area contributed by atoms with E-state index in [9.17, 15) is 9.59 Å². The minimum Gasteiger partial charge on any atom is -0.445 e. The van der Waals surface area contributed by atoms with Gasteiger partial charge in [-0.3, -0.25) is 4.79 Å². The highest BCUT2D eigenvalue weighted by Crippen LogP contribution is 2.28. The van der Waals surface area contributed by atoms with E-state index in [0.29, 0.717) is 5.69 Å². The third-order valence-corrected chi connectivity index (χ3v) is 5.89. The fraction of sp³-hybridized carbons (Fsp3) is 0.185. The molecule has 1 unspecified atom stereocenters. The van der Waals surface area contributed by atoms with Gasteiger partial charge in [-0.15, -0.1) is 11.8 Å². The number of hydrogen-bond acceptors (Lipinski definition) is 4. The molecule has 0 aliphatic heterocycles. The molecular weight excluding hydrogens is 432 g/mol. The summed E-state index contributed by atoms with van der Waals surface area (Å²) in [5, 5.41) is 4.94. The van der Waals surface area contributed by atoms with Gasteiger partial charge in [-0.05, 0) is 22.8 Å². The Hall–Kier alpha value is -3.51. The zero-order valence-corrected chi connectivity index (χ0v) is 19.6. The topological polar surface area (TPSA) is 67.4 Å². The van der Waals surface area contributed by atoms with Gasteiger partial charge >= 0.3 is 6.09 Å². The van der Waals surface area contributed by atoms with Gasteiger partial charge in [0.25, 0.3) is 5.91 Å². The SMILES string of the molecule is C=C(c1ccccc1)c1ccccc1NC(=O)C(NC(=O)OCc1ccccc1)SC(C)C. The summed E-state index contributed by atoms with van der Waals surface area (Å²) in [4.78, 5) is 25.5. The van der Waals surface area contributed by atoms with Crippen molar-refractivity contribution in [3.05, 3.63) is 108 Å². The van der Waals surface area contributed by atoms with E-state index < -0.39 is 11.5 Å². The summed E-state index contributed by atoms with van der Waals surface area (Å²) in [6.07, 6.45) is -0.644. The molecule has 3 rings (SSSR count). The van der Waals surface area contributed by atoms with Crippen molar-refractivity contribution in [2.45, 2.75) is 31.1 Å². The Bertz CT molecular complexity index is 1080. The molecule has 2 amide bonds. The second-order valence-corrected chi connectivity index (χ2v) is 9.34. The van der Waals surface area contributed by atoms with E-state index in [2.05, 4.69) is 17.2 Å². The number of carbonyl (C=O) groups excluding carboxylic acids is 2. The molecule has 2 N–H and O–H groups in total. The molecule has 3 aromatic carbocycles. The summed E-state index contributed by atoms with van der Waals surface area (Å²) >= 11 is 1.34. The highest BCUT2D eigenvalue weighted by atomic mass is 32.2. The molecule has 0 fully saturated rings. The molecule has 6 heteroatoms. The lowest BCUT2D eigenvalue weighted by atomic mass is 9.98. The summed E-state index contributed by atoms with van der Waals surface area (Å²) in [5.74, 6) is -0.335. The summed E-state index contributed by atoms with van der Waals surface area (Å²) in [6.45, 7) is 8.27. The molecule has 0 spiro atoms. The first-order valence-corrected chi connectivity index (χ1v) is 11.7. The Balaban J connectivity index is 1.70. The molecule has 33 heavy (non-hydrogen) atoms. The zero-order valence-electron chi connectivity index (χ0n) is 18.8. The van der Waals surface area contributed by atoms with Gasteiger partial charge in [0.05, 0.1) is 0 Å². The molecule has 0 saturated carbocycles. The molecule has 0 aliphatic rings. The number of carbonyl (C=O) groups is 2. The zero-order chi connectivity index (χ0) is 23.6. The number of ether oxygens (including phenoxy) is 1. The minimum absolute atomic E-state index is 0.115. The first kappa shape index (κ1) is 24.1. The lowest BCUT2D eigenvalue weighted by molar-refractivity contribution is -0.116. The third-order valence-electron chi connectivity index (χ3n) is 4.74. The predicted octanol–water partition coefficient (Wildman–Crippen LogP) is 6.08. The van der Waals surface area contributed by atoms with Crippen LogP contribution in [0.1, 0.15) is 30.5 Å². The average Bonchev–Trinajstić information content (AvgIpc) is 2.83. The fourth-order valence-corrected chi connectivity index (χ4v) is 4.04. The first-order valence-electron chi connectivity index (χ1n) is 10.7. The van der Waals surface area contributed by atoms with E-state index in [1.165, 1.54) is 11.8 Å². The van der Waals surface area contributed by atoms with Crippen LogP contribution in [-0.4, -0.2) is 22.6 Å². The molecule has 0 aromatic heterocycles. The number of rotatable bonds is 9. The van der Waals surface area contributed by atoms with E-state index in [1.54, 1.807) is 0 Å². The maximum Gasteiger partial charge on any atom is 0.408 e. The highest BCUT2D eigenvalue weighted by molar-refractivity contribution is 8.01. The lowest BCUT2D eigenvalue weighted by Crippen LogP contribution is -2.42. The average molecular weight is 461 g/mol. The van der Waals surface area contributed by atoms with Crippen molar-refractivity contribution < 1.29 is 14.3 Å². The van der Waals surface area contributed by atoms with Gasteiger partial charge in [0, 0.05) is 16.5 Å². The Morgan fingerprint density at radius 1 is 0.909 bits per heavy atom. The molecule has 1 atom stereocenters. The van der Waals surface area contributed by atoms with Gasteiger partial charge in [0.2, 0.25) is 0 Å². The quantitative estimate of drug-likeness (QED) is 0.380. The number of para-hydroxylation sites is 1. The van der Waals surface area contributed by atoms with Crippen molar-refractivity contribution in [3.63, 3.8) is 0 Å². The van der Waals surface area contributed by atoms with Gasteiger partial charge in [0.15, 0.2) is 5.37 Å². The van der Waals surface area contributed by atoms with Crippen LogP contribution < -0.4 is 10.6 Å². The third kappa shape index (κ3) is 7.26. The van der Waals surface area contributed by atoms with Crippen LogP contribution in [0, 0.1) is 0 Å². The number of benzene rings is 3. The first-order chi connectivity index (χ1) is 15.9. The summed E-state index contributed by atoms with van der Waals surface area (Å²) < 4.78 is 5.30. The van der Waals surface area contributed by atoms with E-state index in [4.69, 9.17) is 4.74 Å². The van der Waals surface area contributed by atoms with Crippen molar-refractivity contribution >= 4 is 35.0 Å². The normalized spacial score (nSPS) is 11.5. The maximum atomic E-state index is 13.1. The van der Waals surface area contributed by atoms with E-state index in [1.807, 2.05) is 98.8 Å². The molecule has 170 valence electrons. The van der Waals surface area contributed by atoms with Crippen LogP contribution >= 0.6 is 11.8 Å². The molecule has 0 saturated heterocycles. The van der Waals surface area contributed by atoms with Gasteiger partial charge in [-0.1, -0.05) is 99.3 Å². The van der Waals surface area contributed by atoms with Crippen molar-refractivity contribution in [1.82, 2.24) is 5.32 Å². The number of anilines is 1. The van der Waals surface area contributed by atoms with Crippen molar-refractivity contribution in [2.24, 2.45) is 0 Å². The van der Waals surface area contributed by atoms with Crippen molar-refractivity contribution in [2.75, 3.05) is 5.32 Å². The van der Waals surface area contributed by atoms with E-state index in [-0.39, 0.29) is 17.8 Å². The van der Waals surface area contributed by atoms with Gasteiger partial charge < -0.3 is 15.4 Å². The van der Waals surface area contributed by atoms with Gasteiger partial charge in [-0.2, -0.15) is 0 Å². The smallest absolute Gasteiger partial charge is 0.408 e. The molecule has 0 radical (unpaired) electrons. The number of alkyl carbamates (subject to hydrolysis) is 1. The standard InChI is InChI=1S/C27H28N2O3S/c1-19(2)33-26(29-27(31)32-18-21-12-6-4-7-13-21)25(30)28-24-17-11-10-16-23(24)20(3)22-14-8-5-9-15-22/h4-17,19,26H,3,18H2,1-2H3,(H,28,30)(H,29,31). The second kappa shape index (κ2) is 11.9. The molecule has 0 bridgehead atoms. The largest absolute Gasteiger partial charge is 0.445 e. The lowest BCUT2D eigenvalue weighted by Gasteiger charge is -2.21. The molecule has 0 heterocycles. The Morgan fingerprint density at radius 2 is 1.52 bits per heavy atom. The minimum atomic E-state index is -0.814. The second-order valence-electron chi connectivity index (χ2n) is 7.65. The summed E-state index contributed by atoms with van der Waals surface area (Å²) in [6, 6.07) is 26.7. The van der Waals surface area contributed by atoms with Crippen LogP contribution in [0.15, 0.2) is 91.5 Å². The highest BCUT2D eigenvalue weighted by Gasteiger charge is 2.24. The summed E-state index contributed by atoms with van der Waals surface area (Å²) in [5.41, 5.74) is 4.09. The molecule has 3 aromatic rings. The number of nitrogens with one attached hydrogen (secondary N) is 2. The van der Waals surface area contributed by atoms with Crippen LogP contribution in [0.4, 0.5) is 10.5 Å². The maximum absolute atomic E-state index is 13.1.